The van der Waals surface area contributed by atoms with Crippen molar-refractivity contribution in [3.63, 3.8) is 0 Å². The number of hydrogen-bond acceptors (Lipinski definition) is 2. The molecule has 0 aliphatic rings. The molecule has 0 saturated heterocycles. The van der Waals surface area contributed by atoms with Crippen LogP contribution in [0.4, 0.5) is 5.69 Å². The minimum atomic E-state index is -0.177. The molecule has 2 atom stereocenters. The van der Waals surface area contributed by atoms with Crippen molar-refractivity contribution in [2.45, 2.75) is 19.5 Å². The summed E-state index contributed by atoms with van der Waals surface area (Å²) in [5.74, 6) is 0.641. The van der Waals surface area contributed by atoms with E-state index in [-0.39, 0.29) is 11.9 Å². The van der Waals surface area contributed by atoms with Crippen molar-refractivity contribution in [1.29, 1.82) is 0 Å². The first-order chi connectivity index (χ1) is 11.0. The van der Waals surface area contributed by atoms with Crippen molar-refractivity contribution in [2.75, 3.05) is 19.5 Å². The zero-order chi connectivity index (χ0) is 16.8. The number of quaternary nitrogens is 1. The molecule has 0 radical (unpaired) electrons. The van der Waals surface area contributed by atoms with Gasteiger partial charge in [0.1, 0.15) is 12.3 Å². The van der Waals surface area contributed by atoms with Crippen molar-refractivity contribution < 1.29 is 14.4 Å². The molecule has 4 nitrogen and oxygen atoms in total. The summed E-state index contributed by atoms with van der Waals surface area (Å²) in [5.41, 5.74) is 1.89. The third kappa shape index (κ3) is 4.81. The maximum absolute atomic E-state index is 12.5. The molecule has 1 amide bonds. The zero-order valence-corrected chi connectivity index (χ0v) is 15.2. The van der Waals surface area contributed by atoms with Gasteiger partial charge >= 0.3 is 0 Å². The number of nitrogens with one attached hydrogen (secondary N) is 2. The molecule has 2 aromatic carbocycles. The molecule has 2 rings (SSSR count). The van der Waals surface area contributed by atoms with Crippen LogP contribution < -0.4 is 15.0 Å². The van der Waals surface area contributed by atoms with E-state index in [1.54, 1.807) is 7.11 Å². The second-order valence-electron chi connectivity index (χ2n) is 5.56. The first-order valence-electron chi connectivity index (χ1n) is 7.52. The monoisotopic (exact) mass is 377 g/mol. The van der Waals surface area contributed by atoms with Gasteiger partial charge in [-0.2, -0.15) is 0 Å². The van der Waals surface area contributed by atoms with E-state index in [1.165, 1.54) is 5.56 Å². The number of anilines is 1. The predicted molar refractivity (Wildman–Crippen MR) is 95.8 cm³/mol. The third-order valence-corrected chi connectivity index (χ3v) is 4.42. The lowest BCUT2D eigenvalue weighted by Crippen LogP contribution is -3.12. The minimum absolute atomic E-state index is 0.0240. The Labute approximate surface area is 145 Å². The van der Waals surface area contributed by atoms with Gasteiger partial charge in [0.15, 0.2) is 6.04 Å². The predicted octanol–water partition coefficient (Wildman–Crippen LogP) is 2.50. The van der Waals surface area contributed by atoms with Crippen molar-refractivity contribution in [1.82, 2.24) is 0 Å². The quantitative estimate of drug-likeness (QED) is 0.811. The summed E-state index contributed by atoms with van der Waals surface area (Å²) in [4.78, 5) is 13.6. The van der Waals surface area contributed by atoms with E-state index in [4.69, 9.17) is 4.74 Å². The first kappa shape index (κ1) is 17.5. The van der Waals surface area contributed by atoms with Crippen LogP contribution in [0.2, 0.25) is 0 Å². The standard InChI is InChI=1S/C18H21BrN2O2/c1-13(21(2)12-14-8-10-15(19)11-9-14)18(22)20-16-6-4-5-7-17(16)23-3/h4-11,13H,12H2,1-3H3,(H,20,22)/p+1/t13-/m0/s1. The van der Waals surface area contributed by atoms with E-state index in [9.17, 15) is 4.79 Å². The van der Waals surface area contributed by atoms with Crippen LogP contribution in [0.3, 0.4) is 0 Å². The van der Waals surface area contributed by atoms with Gasteiger partial charge in [-0.15, -0.1) is 0 Å². The normalized spacial score (nSPS) is 13.2. The highest BCUT2D eigenvalue weighted by molar-refractivity contribution is 9.10. The number of carbonyl (C=O) groups excluding carboxylic acids is 1. The van der Waals surface area contributed by atoms with Crippen LogP contribution in [0.5, 0.6) is 5.75 Å². The molecule has 0 bridgehead atoms. The van der Waals surface area contributed by atoms with E-state index >= 15 is 0 Å². The van der Waals surface area contributed by atoms with E-state index in [2.05, 4.69) is 33.4 Å². The molecular weight excluding hydrogens is 356 g/mol. The second kappa shape index (κ2) is 8.13. The molecule has 23 heavy (non-hydrogen) atoms. The molecule has 0 spiro atoms. The molecule has 0 saturated carbocycles. The summed E-state index contributed by atoms with van der Waals surface area (Å²) >= 11 is 3.43. The van der Waals surface area contributed by atoms with Crippen molar-refractivity contribution in [3.8, 4) is 5.75 Å². The summed E-state index contributed by atoms with van der Waals surface area (Å²) in [6.45, 7) is 2.72. The average Bonchev–Trinajstić information content (AvgIpc) is 2.56. The van der Waals surface area contributed by atoms with E-state index in [0.29, 0.717) is 11.4 Å². The second-order valence-corrected chi connectivity index (χ2v) is 6.48. The van der Waals surface area contributed by atoms with Crippen molar-refractivity contribution >= 4 is 27.5 Å². The number of halogens is 1. The fourth-order valence-electron chi connectivity index (χ4n) is 2.29. The summed E-state index contributed by atoms with van der Waals surface area (Å²) in [7, 11) is 3.62. The molecule has 0 heterocycles. The van der Waals surface area contributed by atoms with E-state index in [1.807, 2.05) is 50.4 Å². The smallest absolute Gasteiger partial charge is 0.282 e. The molecule has 122 valence electrons. The van der Waals surface area contributed by atoms with Gasteiger partial charge in [-0.1, -0.05) is 40.2 Å². The van der Waals surface area contributed by atoms with Gasteiger partial charge in [-0.25, -0.2) is 0 Å². The lowest BCUT2D eigenvalue weighted by molar-refractivity contribution is -0.907. The van der Waals surface area contributed by atoms with Crippen LogP contribution in [0.25, 0.3) is 0 Å². The lowest BCUT2D eigenvalue weighted by atomic mass is 10.2. The van der Waals surface area contributed by atoms with Crippen molar-refractivity contribution in [2.24, 2.45) is 0 Å². The number of rotatable bonds is 6. The SMILES string of the molecule is COc1ccccc1NC(=O)[C@H](C)[NH+](C)Cc1ccc(Br)cc1. The number of carbonyl (C=O) groups is 1. The third-order valence-electron chi connectivity index (χ3n) is 3.89. The fourth-order valence-corrected chi connectivity index (χ4v) is 2.55. The van der Waals surface area contributed by atoms with Gasteiger partial charge in [0.25, 0.3) is 5.91 Å². The highest BCUT2D eigenvalue weighted by Gasteiger charge is 2.22. The number of ether oxygens (including phenoxy) is 1. The largest absolute Gasteiger partial charge is 0.495 e. The average molecular weight is 378 g/mol. The summed E-state index contributed by atoms with van der Waals surface area (Å²) in [5, 5.41) is 2.94. The lowest BCUT2D eigenvalue weighted by Gasteiger charge is -2.21. The Hall–Kier alpha value is -1.85. The van der Waals surface area contributed by atoms with Gasteiger partial charge < -0.3 is 15.0 Å². The van der Waals surface area contributed by atoms with Crippen LogP contribution in [-0.2, 0) is 11.3 Å². The Morgan fingerprint density at radius 2 is 1.87 bits per heavy atom. The van der Waals surface area contributed by atoms with Gasteiger partial charge in [0, 0.05) is 10.0 Å². The Balaban J connectivity index is 1.99. The highest BCUT2D eigenvalue weighted by atomic mass is 79.9. The molecule has 0 aromatic heterocycles. The maximum atomic E-state index is 12.5. The first-order valence-corrected chi connectivity index (χ1v) is 8.31. The van der Waals surface area contributed by atoms with E-state index in [0.717, 1.165) is 15.9 Å². The van der Waals surface area contributed by atoms with Crippen molar-refractivity contribution in [3.05, 3.63) is 58.6 Å². The number of likely N-dealkylation sites (N-methyl/N-ethyl adjacent to an activating group) is 1. The number of para-hydroxylation sites is 2. The van der Waals surface area contributed by atoms with E-state index < -0.39 is 0 Å². The number of methoxy groups -OCH3 is 1. The molecule has 0 aliphatic carbocycles. The van der Waals surface area contributed by atoms with Crippen LogP contribution in [0.1, 0.15) is 12.5 Å². The fraction of sp³-hybridized carbons (Fsp3) is 0.278. The molecule has 5 heteroatoms. The molecule has 2 aromatic rings. The molecule has 0 fully saturated rings. The maximum Gasteiger partial charge on any atom is 0.282 e. The molecular formula is C18H22BrN2O2+. The zero-order valence-electron chi connectivity index (χ0n) is 13.6. The summed E-state index contributed by atoms with van der Waals surface area (Å²) in [6, 6.07) is 15.4. The number of benzene rings is 2. The Morgan fingerprint density at radius 3 is 2.52 bits per heavy atom. The van der Waals surface area contributed by atoms with Crippen LogP contribution in [0, 0.1) is 0 Å². The van der Waals surface area contributed by atoms with Crippen LogP contribution >= 0.6 is 15.9 Å². The highest BCUT2D eigenvalue weighted by Crippen LogP contribution is 2.22. The topological polar surface area (TPSA) is 42.8 Å². The summed E-state index contributed by atoms with van der Waals surface area (Å²) < 4.78 is 6.32. The van der Waals surface area contributed by atoms with Gasteiger partial charge in [0.05, 0.1) is 19.8 Å². The summed E-state index contributed by atoms with van der Waals surface area (Å²) in [6.07, 6.45) is 0. The minimum Gasteiger partial charge on any atom is -0.495 e. The number of hydrogen-bond donors (Lipinski definition) is 2. The van der Waals surface area contributed by atoms with Gasteiger partial charge in [-0.05, 0) is 31.2 Å². The molecule has 1 unspecified atom stereocenters. The molecule has 0 aliphatic heterocycles. The Bertz CT molecular complexity index is 658. The Morgan fingerprint density at radius 1 is 1.22 bits per heavy atom. The van der Waals surface area contributed by atoms with Crippen LogP contribution in [0.15, 0.2) is 53.0 Å². The van der Waals surface area contributed by atoms with Crippen LogP contribution in [-0.4, -0.2) is 26.1 Å². The number of amides is 1. The Kier molecular flexibility index (Phi) is 6.19. The van der Waals surface area contributed by atoms with Gasteiger partial charge in [0.2, 0.25) is 0 Å². The molecule has 2 N–H and O–H groups in total. The van der Waals surface area contributed by atoms with Gasteiger partial charge in [-0.3, -0.25) is 4.79 Å².